The average molecular weight is 363 g/mol. The van der Waals surface area contributed by atoms with E-state index in [1.807, 2.05) is 13.1 Å². The van der Waals surface area contributed by atoms with Crippen LogP contribution in [0.15, 0.2) is 53.0 Å². The van der Waals surface area contributed by atoms with Gasteiger partial charge in [-0.1, -0.05) is 39.7 Å². The topological polar surface area (TPSA) is 58.2 Å². The van der Waals surface area contributed by atoms with Crippen molar-refractivity contribution in [1.82, 2.24) is 0 Å². The van der Waals surface area contributed by atoms with E-state index in [1.54, 1.807) is 18.2 Å². The molecule has 0 aliphatic carbocycles. The van der Waals surface area contributed by atoms with Crippen molar-refractivity contribution in [3.05, 3.63) is 58.6 Å². The highest BCUT2D eigenvalue weighted by Gasteiger charge is 2.00. The quantitative estimate of drug-likeness (QED) is 0.637. The first-order chi connectivity index (χ1) is 10.5. The minimum absolute atomic E-state index is 0.105. The highest BCUT2D eigenvalue weighted by Crippen LogP contribution is 2.15. The Morgan fingerprint density at radius 3 is 2.36 bits per heavy atom. The Bertz CT molecular complexity index is 612. The van der Waals surface area contributed by atoms with Crippen molar-refractivity contribution in [1.29, 1.82) is 0 Å². The normalized spacial score (nSPS) is 9.23. The molecule has 2 N–H and O–H groups in total. The van der Waals surface area contributed by atoms with Crippen LogP contribution >= 0.6 is 15.9 Å². The number of carbonyl (C=O) groups excluding carboxylic acids is 2. The van der Waals surface area contributed by atoms with Crippen LogP contribution < -0.4 is 10.6 Å². The summed E-state index contributed by atoms with van der Waals surface area (Å²) in [6.45, 7) is 2.08. The predicted octanol–water partition coefficient (Wildman–Crippen LogP) is 4.01. The van der Waals surface area contributed by atoms with E-state index in [-0.39, 0.29) is 12.3 Å². The minimum atomic E-state index is -0.298. The Morgan fingerprint density at radius 2 is 1.82 bits per heavy atom. The van der Waals surface area contributed by atoms with Gasteiger partial charge in [-0.25, -0.2) is 0 Å². The third-order valence-electron chi connectivity index (χ3n) is 2.72. The van der Waals surface area contributed by atoms with E-state index < -0.39 is 0 Å². The first-order valence-corrected chi connectivity index (χ1v) is 7.58. The first kappa shape index (κ1) is 17.9. The highest BCUT2D eigenvalue weighted by molar-refractivity contribution is 9.10. The van der Waals surface area contributed by atoms with Crippen molar-refractivity contribution in [2.24, 2.45) is 0 Å². The molecule has 5 heteroatoms. The van der Waals surface area contributed by atoms with E-state index in [4.69, 9.17) is 0 Å². The van der Waals surface area contributed by atoms with Gasteiger partial charge in [-0.05, 0) is 37.3 Å². The smallest absolute Gasteiger partial charge is 0.231 e. The second kappa shape index (κ2) is 9.73. The zero-order valence-electron chi connectivity index (χ0n) is 12.6. The summed E-state index contributed by atoms with van der Waals surface area (Å²) in [4.78, 5) is 21.0. The lowest BCUT2D eigenvalue weighted by Gasteiger charge is -2.02. The van der Waals surface area contributed by atoms with Crippen LogP contribution in [0.1, 0.15) is 12.0 Å². The van der Waals surface area contributed by atoms with Crippen molar-refractivity contribution in [2.75, 3.05) is 17.7 Å². The molecule has 0 unspecified atom stereocenters. The molecule has 0 fully saturated rings. The van der Waals surface area contributed by atoms with Gasteiger partial charge >= 0.3 is 0 Å². The molecule has 1 amide bonds. The van der Waals surface area contributed by atoms with Crippen LogP contribution in [-0.4, -0.2) is 19.2 Å². The molecule has 2 aromatic rings. The van der Waals surface area contributed by atoms with E-state index >= 15 is 0 Å². The van der Waals surface area contributed by atoms with Crippen LogP contribution in [-0.2, 0) is 9.59 Å². The molecule has 0 bridgehead atoms. The molecule has 0 radical (unpaired) electrons. The fourth-order valence-electron chi connectivity index (χ4n) is 1.57. The minimum Gasteiger partial charge on any atom is -0.388 e. The molecular formula is C17H19BrN2O2. The molecular weight excluding hydrogens is 344 g/mol. The molecule has 0 atom stereocenters. The second-order valence-corrected chi connectivity index (χ2v) is 5.46. The van der Waals surface area contributed by atoms with Crippen molar-refractivity contribution in [3.8, 4) is 0 Å². The van der Waals surface area contributed by atoms with Gasteiger partial charge in [-0.15, -0.1) is 0 Å². The van der Waals surface area contributed by atoms with Gasteiger partial charge in [0.2, 0.25) is 5.91 Å². The molecule has 2 rings (SSSR count). The summed E-state index contributed by atoms with van der Waals surface area (Å²) in [7, 11) is 1.92. The van der Waals surface area contributed by atoms with Gasteiger partial charge in [0, 0.05) is 22.9 Å². The van der Waals surface area contributed by atoms with Crippen molar-refractivity contribution >= 4 is 39.5 Å². The molecule has 0 spiro atoms. The number of benzene rings is 2. The van der Waals surface area contributed by atoms with Crippen molar-refractivity contribution in [3.63, 3.8) is 0 Å². The van der Waals surface area contributed by atoms with Crippen molar-refractivity contribution in [2.45, 2.75) is 13.3 Å². The van der Waals surface area contributed by atoms with Crippen LogP contribution in [0.25, 0.3) is 0 Å². The van der Waals surface area contributed by atoms with Crippen LogP contribution in [0.5, 0.6) is 0 Å². The zero-order chi connectivity index (χ0) is 16.4. The molecule has 4 nitrogen and oxygen atoms in total. The Labute approximate surface area is 139 Å². The van der Waals surface area contributed by atoms with E-state index in [9.17, 15) is 9.59 Å². The fraction of sp³-hybridized carbons (Fsp3) is 0.176. The number of anilines is 2. The zero-order valence-corrected chi connectivity index (χ0v) is 14.2. The first-order valence-electron chi connectivity index (χ1n) is 6.78. The van der Waals surface area contributed by atoms with Crippen molar-refractivity contribution < 1.29 is 9.59 Å². The SMILES string of the molecule is CNc1ccc(C)cc1.O=CCC(=O)Nc1cccc(Br)c1. The molecule has 0 aromatic heterocycles. The Morgan fingerprint density at radius 1 is 1.14 bits per heavy atom. The van der Waals surface area contributed by atoms with Gasteiger partial charge in [0.05, 0.1) is 6.42 Å². The summed E-state index contributed by atoms with van der Waals surface area (Å²) >= 11 is 3.27. The maximum absolute atomic E-state index is 11.0. The molecule has 0 saturated carbocycles. The molecule has 2 aromatic carbocycles. The Kier molecular flexibility index (Phi) is 7.92. The van der Waals surface area contributed by atoms with Crippen LogP contribution in [0, 0.1) is 6.92 Å². The summed E-state index contributed by atoms with van der Waals surface area (Å²) in [6, 6.07) is 15.5. The van der Waals surface area contributed by atoms with Gasteiger partial charge in [0.25, 0.3) is 0 Å². The molecule has 0 aliphatic heterocycles. The standard InChI is InChI=1S/C9H8BrNO2.C8H11N/c10-7-2-1-3-8(6-7)11-9(13)4-5-12;1-7-3-5-8(9-2)6-4-7/h1-3,5-6H,4H2,(H,11,13);3-6,9H,1-2H3. The van der Waals surface area contributed by atoms with Crippen LogP contribution in [0.2, 0.25) is 0 Å². The lowest BCUT2D eigenvalue weighted by atomic mass is 10.2. The lowest BCUT2D eigenvalue weighted by Crippen LogP contribution is -2.11. The average Bonchev–Trinajstić information content (AvgIpc) is 2.49. The largest absolute Gasteiger partial charge is 0.388 e. The van der Waals surface area contributed by atoms with Crippen LogP contribution in [0.3, 0.4) is 0 Å². The predicted molar refractivity (Wildman–Crippen MR) is 94.2 cm³/mol. The van der Waals surface area contributed by atoms with E-state index in [2.05, 4.69) is 57.8 Å². The summed E-state index contributed by atoms with van der Waals surface area (Å²) in [5, 5.41) is 5.64. The van der Waals surface area contributed by atoms with Gasteiger partial charge in [0.1, 0.15) is 6.29 Å². The summed E-state index contributed by atoms with van der Waals surface area (Å²) < 4.78 is 0.886. The maximum atomic E-state index is 11.0. The number of rotatable bonds is 4. The van der Waals surface area contributed by atoms with Gasteiger partial charge in [-0.2, -0.15) is 0 Å². The summed E-state index contributed by atoms with van der Waals surface area (Å²) in [5.41, 5.74) is 3.15. The van der Waals surface area contributed by atoms with E-state index in [0.29, 0.717) is 12.0 Å². The van der Waals surface area contributed by atoms with Crippen LogP contribution in [0.4, 0.5) is 11.4 Å². The highest BCUT2D eigenvalue weighted by atomic mass is 79.9. The number of halogens is 1. The number of aryl methyl sites for hydroxylation is 1. The van der Waals surface area contributed by atoms with E-state index in [1.165, 1.54) is 11.3 Å². The summed E-state index contributed by atoms with van der Waals surface area (Å²) in [6.07, 6.45) is 0.472. The number of nitrogens with one attached hydrogen (secondary N) is 2. The molecule has 22 heavy (non-hydrogen) atoms. The number of hydrogen-bond donors (Lipinski definition) is 2. The maximum Gasteiger partial charge on any atom is 0.231 e. The van der Waals surface area contributed by atoms with E-state index in [0.717, 1.165) is 4.47 Å². The Hall–Kier alpha value is -2.14. The lowest BCUT2D eigenvalue weighted by molar-refractivity contribution is -0.119. The third kappa shape index (κ3) is 7.04. The third-order valence-corrected chi connectivity index (χ3v) is 3.21. The number of carbonyl (C=O) groups is 2. The van der Waals surface area contributed by atoms with Gasteiger partial charge in [0.15, 0.2) is 0 Å². The van der Waals surface area contributed by atoms with Gasteiger partial charge in [-0.3, -0.25) is 4.79 Å². The molecule has 0 aliphatic rings. The monoisotopic (exact) mass is 362 g/mol. The summed E-state index contributed by atoms with van der Waals surface area (Å²) in [5.74, 6) is -0.298. The molecule has 0 saturated heterocycles. The number of hydrogen-bond acceptors (Lipinski definition) is 3. The fourth-order valence-corrected chi connectivity index (χ4v) is 1.97. The molecule has 116 valence electrons. The second-order valence-electron chi connectivity index (χ2n) is 4.55. The number of aldehydes is 1. The number of amides is 1. The molecule has 0 heterocycles. The Balaban J connectivity index is 0.000000235. The van der Waals surface area contributed by atoms with Gasteiger partial charge < -0.3 is 15.4 Å².